The number of aromatic nitrogens is 2. The molecule has 4 aromatic rings. The van der Waals surface area contributed by atoms with E-state index in [1.807, 2.05) is 30.3 Å². The first-order valence-corrected chi connectivity index (χ1v) is 13.3. The van der Waals surface area contributed by atoms with E-state index in [-0.39, 0.29) is 5.91 Å². The van der Waals surface area contributed by atoms with Gasteiger partial charge in [0.25, 0.3) is 5.91 Å². The van der Waals surface area contributed by atoms with E-state index in [0.717, 1.165) is 55.9 Å². The van der Waals surface area contributed by atoms with Crippen molar-refractivity contribution in [2.75, 3.05) is 51.8 Å². The van der Waals surface area contributed by atoms with E-state index in [4.69, 9.17) is 32.7 Å². The summed E-state index contributed by atoms with van der Waals surface area (Å²) < 4.78 is 12.9. The maximum absolute atomic E-state index is 13.0. The molecular formula is C28H29Cl2N5O3. The average molecular weight is 554 g/mol. The number of halogens is 2. The number of hydrogen-bond acceptors (Lipinski definition) is 6. The van der Waals surface area contributed by atoms with E-state index in [2.05, 4.69) is 20.6 Å². The van der Waals surface area contributed by atoms with Crippen molar-refractivity contribution in [2.45, 2.75) is 6.42 Å². The predicted octanol–water partition coefficient (Wildman–Crippen LogP) is 5.54. The third-order valence-electron chi connectivity index (χ3n) is 6.51. The van der Waals surface area contributed by atoms with Crippen molar-refractivity contribution in [3.05, 3.63) is 76.4 Å². The second-order valence-corrected chi connectivity index (χ2v) is 9.79. The molecular weight excluding hydrogens is 525 g/mol. The molecule has 0 radical (unpaired) electrons. The summed E-state index contributed by atoms with van der Waals surface area (Å²) in [6, 6.07) is 16.7. The van der Waals surface area contributed by atoms with Crippen molar-refractivity contribution in [1.82, 2.24) is 20.0 Å². The number of ether oxygens (including phenoxy) is 2. The first-order valence-electron chi connectivity index (χ1n) is 12.5. The minimum Gasteiger partial charge on any atom is -0.494 e. The SMILES string of the molecule is COc1c(C(=O)NCCCN2CCOCC2)cccc1-n1ncc2cc(Nc3c(Cl)cccc3Cl)ccc21. The lowest BCUT2D eigenvalue weighted by atomic mass is 10.1. The highest BCUT2D eigenvalue weighted by Gasteiger charge is 2.19. The maximum atomic E-state index is 13.0. The van der Waals surface area contributed by atoms with Crippen LogP contribution in [0.1, 0.15) is 16.8 Å². The van der Waals surface area contributed by atoms with Crippen LogP contribution in [0.4, 0.5) is 11.4 Å². The Morgan fingerprint density at radius 1 is 1.08 bits per heavy atom. The monoisotopic (exact) mass is 553 g/mol. The standard InChI is InChI=1S/C28H29Cl2N5O3/c1-37-27-21(28(36)31-11-4-12-34-13-15-38-16-14-34)5-2-8-25(27)35-24-10-9-20(17-19(24)18-32-35)33-26-22(29)6-3-7-23(26)30/h2-3,5-10,17-18,33H,4,11-16H2,1H3,(H,31,36). The largest absolute Gasteiger partial charge is 0.494 e. The summed E-state index contributed by atoms with van der Waals surface area (Å²) in [6.45, 7) is 4.93. The van der Waals surface area contributed by atoms with Crippen molar-refractivity contribution in [1.29, 1.82) is 0 Å². The molecule has 0 spiro atoms. The van der Waals surface area contributed by atoms with Gasteiger partial charge in [0.05, 0.1) is 53.3 Å². The maximum Gasteiger partial charge on any atom is 0.255 e. The number of carbonyl (C=O) groups is 1. The number of methoxy groups -OCH3 is 1. The van der Waals surface area contributed by atoms with E-state index in [9.17, 15) is 4.79 Å². The molecule has 1 aliphatic heterocycles. The molecule has 0 atom stereocenters. The van der Waals surface area contributed by atoms with Gasteiger partial charge < -0.3 is 20.1 Å². The van der Waals surface area contributed by atoms with Crippen LogP contribution in [0.15, 0.2) is 60.8 Å². The highest BCUT2D eigenvalue weighted by atomic mass is 35.5. The molecule has 0 aliphatic carbocycles. The third-order valence-corrected chi connectivity index (χ3v) is 7.14. The summed E-state index contributed by atoms with van der Waals surface area (Å²) in [5, 5.41) is 12.9. The molecule has 1 saturated heterocycles. The number of anilines is 2. The Bertz CT molecular complexity index is 1420. The topological polar surface area (TPSA) is 80.7 Å². The van der Waals surface area contributed by atoms with Crippen molar-refractivity contribution >= 4 is 51.4 Å². The van der Waals surface area contributed by atoms with E-state index in [1.165, 1.54) is 0 Å². The van der Waals surface area contributed by atoms with Gasteiger partial charge in [0.2, 0.25) is 0 Å². The van der Waals surface area contributed by atoms with Crippen LogP contribution in [0.2, 0.25) is 10.0 Å². The van der Waals surface area contributed by atoms with E-state index >= 15 is 0 Å². The van der Waals surface area contributed by atoms with Gasteiger partial charge in [-0.2, -0.15) is 5.10 Å². The molecule has 8 nitrogen and oxygen atoms in total. The van der Waals surface area contributed by atoms with Gasteiger partial charge in [0.1, 0.15) is 5.69 Å². The number of nitrogens with one attached hydrogen (secondary N) is 2. The second kappa shape index (κ2) is 12.0. The van der Waals surface area contributed by atoms with E-state index in [0.29, 0.717) is 39.3 Å². The summed E-state index contributed by atoms with van der Waals surface area (Å²) >= 11 is 12.6. The summed E-state index contributed by atoms with van der Waals surface area (Å²) in [5.74, 6) is 0.290. The highest BCUT2D eigenvalue weighted by Crippen LogP contribution is 2.34. The zero-order valence-corrected chi connectivity index (χ0v) is 22.6. The average Bonchev–Trinajstić information content (AvgIpc) is 3.36. The van der Waals surface area contributed by atoms with Crippen molar-refractivity contribution in [3.63, 3.8) is 0 Å². The minimum absolute atomic E-state index is 0.176. The number of benzene rings is 3. The number of para-hydroxylation sites is 2. The van der Waals surface area contributed by atoms with Gasteiger partial charge in [-0.05, 0) is 55.4 Å². The van der Waals surface area contributed by atoms with Crippen LogP contribution in [0.5, 0.6) is 5.75 Å². The molecule has 1 aromatic heterocycles. The van der Waals surface area contributed by atoms with Crippen LogP contribution in [0.25, 0.3) is 16.6 Å². The van der Waals surface area contributed by atoms with Crippen LogP contribution >= 0.6 is 23.2 Å². The van der Waals surface area contributed by atoms with Crippen LogP contribution in [-0.4, -0.2) is 67.1 Å². The summed E-state index contributed by atoms with van der Waals surface area (Å²) in [5.41, 5.74) is 3.48. The fraction of sp³-hybridized carbons (Fsp3) is 0.286. The molecule has 38 heavy (non-hydrogen) atoms. The predicted molar refractivity (Wildman–Crippen MR) is 152 cm³/mol. The number of nitrogens with zero attached hydrogens (tertiary/aromatic N) is 3. The van der Waals surface area contributed by atoms with Gasteiger partial charge in [-0.15, -0.1) is 0 Å². The summed E-state index contributed by atoms with van der Waals surface area (Å²) in [4.78, 5) is 15.4. The highest BCUT2D eigenvalue weighted by molar-refractivity contribution is 6.39. The van der Waals surface area contributed by atoms with Gasteiger partial charge >= 0.3 is 0 Å². The molecule has 2 heterocycles. The van der Waals surface area contributed by atoms with Gasteiger partial charge in [0.15, 0.2) is 5.75 Å². The number of carbonyl (C=O) groups excluding carboxylic acids is 1. The quantitative estimate of drug-likeness (QED) is 0.265. The van der Waals surface area contributed by atoms with Gasteiger partial charge in [-0.25, -0.2) is 4.68 Å². The zero-order valence-electron chi connectivity index (χ0n) is 21.0. The Hall–Kier alpha value is -3.30. The van der Waals surface area contributed by atoms with E-state index < -0.39 is 0 Å². The number of amides is 1. The molecule has 2 N–H and O–H groups in total. The Kier molecular flexibility index (Phi) is 8.34. The third kappa shape index (κ3) is 5.73. The lowest BCUT2D eigenvalue weighted by Crippen LogP contribution is -2.38. The Balaban J connectivity index is 1.33. The van der Waals surface area contributed by atoms with Crippen molar-refractivity contribution in [3.8, 4) is 11.4 Å². The van der Waals surface area contributed by atoms with Gasteiger partial charge in [-0.1, -0.05) is 35.3 Å². The van der Waals surface area contributed by atoms with E-state index in [1.54, 1.807) is 42.3 Å². The lowest BCUT2D eigenvalue weighted by molar-refractivity contribution is 0.0374. The number of rotatable bonds is 9. The molecule has 198 valence electrons. The molecule has 0 unspecified atom stereocenters. The molecule has 0 saturated carbocycles. The molecule has 10 heteroatoms. The van der Waals surface area contributed by atoms with Gasteiger partial charge in [-0.3, -0.25) is 9.69 Å². The Morgan fingerprint density at radius 3 is 2.61 bits per heavy atom. The van der Waals surface area contributed by atoms with Crippen LogP contribution in [-0.2, 0) is 4.74 Å². The van der Waals surface area contributed by atoms with Gasteiger partial charge in [0, 0.05) is 30.7 Å². The lowest BCUT2D eigenvalue weighted by Gasteiger charge is -2.26. The first-order chi connectivity index (χ1) is 18.5. The van der Waals surface area contributed by atoms with Crippen molar-refractivity contribution < 1.29 is 14.3 Å². The van der Waals surface area contributed by atoms with Crippen LogP contribution in [0.3, 0.4) is 0 Å². The fourth-order valence-corrected chi connectivity index (χ4v) is 5.07. The fourth-order valence-electron chi connectivity index (χ4n) is 4.57. The molecule has 1 aliphatic rings. The van der Waals surface area contributed by atoms with Crippen LogP contribution in [0, 0.1) is 0 Å². The van der Waals surface area contributed by atoms with Crippen molar-refractivity contribution in [2.24, 2.45) is 0 Å². The van der Waals surface area contributed by atoms with Crippen LogP contribution < -0.4 is 15.4 Å². The Labute approximate surface area is 231 Å². The molecule has 3 aromatic carbocycles. The smallest absolute Gasteiger partial charge is 0.255 e. The Morgan fingerprint density at radius 2 is 1.84 bits per heavy atom. The first kappa shape index (κ1) is 26.3. The molecule has 5 rings (SSSR count). The summed E-state index contributed by atoms with van der Waals surface area (Å²) in [7, 11) is 1.56. The zero-order chi connectivity index (χ0) is 26.5. The summed E-state index contributed by atoms with van der Waals surface area (Å²) in [6.07, 6.45) is 2.64. The molecule has 1 amide bonds. The number of fused-ring (bicyclic) bond motifs is 1. The molecule has 1 fully saturated rings. The number of hydrogen-bond donors (Lipinski definition) is 2. The molecule has 0 bridgehead atoms. The second-order valence-electron chi connectivity index (χ2n) is 8.97. The normalized spacial score (nSPS) is 14.0. The number of morpholine rings is 1. The minimum atomic E-state index is -0.176.